The predicted molar refractivity (Wildman–Crippen MR) is 62.2 cm³/mol. The van der Waals surface area contributed by atoms with E-state index in [2.05, 4.69) is 59.4 Å². The maximum absolute atomic E-state index is 12.3. The minimum Gasteiger partial charge on any atom is -0.250 e. The predicted octanol–water partition coefficient (Wildman–Crippen LogP) is 4.28. The van der Waals surface area contributed by atoms with Gasteiger partial charge < -0.3 is 0 Å². The van der Waals surface area contributed by atoms with E-state index in [1.54, 1.807) is 0 Å². The van der Waals surface area contributed by atoms with Crippen LogP contribution in [0, 0.1) is 3.57 Å². The summed E-state index contributed by atoms with van der Waals surface area (Å²) in [6.07, 6.45) is -2.52. The molecule has 0 radical (unpaired) electrons. The van der Waals surface area contributed by atoms with Crippen molar-refractivity contribution in [2.45, 2.75) is 11.8 Å². The first kappa shape index (κ1) is 11.8. The van der Waals surface area contributed by atoms with Gasteiger partial charge in [0.05, 0.1) is 5.69 Å². The number of rotatable bonds is 2. The number of alkyl halides is 3. The van der Waals surface area contributed by atoms with E-state index in [-0.39, 0.29) is 5.69 Å². The Hall–Kier alpha value is 0.700. The zero-order chi connectivity index (χ0) is 10.0. The number of hydrogen-bond donors (Lipinski definition) is 0. The quantitative estimate of drug-likeness (QED) is 0.508. The summed E-state index contributed by atoms with van der Waals surface area (Å²) in [5, 5.41) is 0.477. The molecule has 0 aliphatic rings. The first-order valence-electron chi connectivity index (χ1n) is 3.25. The van der Waals surface area contributed by atoms with Crippen molar-refractivity contribution in [3.05, 3.63) is 25.5 Å². The number of pyridine rings is 1. The zero-order valence-electron chi connectivity index (χ0n) is 6.20. The van der Waals surface area contributed by atoms with Crippen LogP contribution in [0.15, 0.2) is 10.5 Å². The van der Waals surface area contributed by atoms with Crippen LogP contribution in [0.4, 0.5) is 8.78 Å². The van der Waals surface area contributed by atoms with Crippen LogP contribution in [0.25, 0.3) is 0 Å². The van der Waals surface area contributed by atoms with Gasteiger partial charge in [-0.2, -0.15) is 0 Å². The number of hydrogen-bond acceptors (Lipinski definition) is 1. The highest BCUT2D eigenvalue weighted by atomic mass is 127. The lowest BCUT2D eigenvalue weighted by molar-refractivity contribution is 0.145. The molecule has 0 aliphatic carbocycles. The molecule has 0 N–H and O–H groups in total. The van der Waals surface area contributed by atoms with Crippen LogP contribution in [0.5, 0.6) is 0 Å². The van der Waals surface area contributed by atoms with Crippen LogP contribution in [-0.4, -0.2) is 4.98 Å². The SMILES string of the molecule is FC(F)c1cc(Br)c(I)c(CBr)n1. The van der Waals surface area contributed by atoms with Crippen LogP contribution >= 0.6 is 54.5 Å². The second-order valence-corrected chi connectivity index (χ2v) is 4.72. The molecule has 0 bridgehead atoms. The van der Waals surface area contributed by atoms with Gasteiger partial charge in [0, 0.05) is 13.4 Å². The summed E-state index contributed by atoms with van der Waals surface area (Å²) in [5.74, 6) is 0. The molecule has 1 aromatic rings. The van der Waals surface area contributed by atoms with Gasteiger partial charge in [-0.05, 0) is 44.6 Å². The molecule has 1 aromatic heterocycles. The summed E-state index contributed by atoms with van der Waals surface area (Å²) in [7, 11) is 0. The summed E-state index contributed by atoms with van der Waals surface area (Å²) < 4.78 is 26.1. The maximum Gasteiger partial charge on any atom is 0.280 e. The maximum atomic E-state index is 12.3. The zero-order valence-corrected chi connectivity index (χ0v) is 11.5. The van der Waals surface area contributed by atoms with E-state index >= 15 is 0 Å². The van der Waals surface area contributed by atoms with E-state index in [1.807, 2.05) is 0 Å². The minimum atomic E-state index is -2.52. The molecule has 0 saturated heterocycles. The van der Waals surface area contributed by atoms with Crippen LogP contribution in [0.3, 0.4) is 0 Å². The summed E-state index contributed by atoms with van der Waals surface area (Å²) in [6.45, 7) is 0. The lowest BCUT2D eigenvalue weighted by Gasteiger charge is -2.05. The molecule has 0 aliphatic heterocycles. The minimum absolute atomic E-state index is 0.193. The first-order chi connectivity index (χ1) is 6.06. The molecule has 0 unspecified atom stereocenters. The Morgan fingerprint density at radius 2 is 2.15 bits per heavy atom. The molecule has 0 fully saturated rings. The van der Waals surface area contributed by atoms with E-state index < -0.39 is 6.43 Å². The third-order valence-corrected chi connectivity index (χ3v) is 4.45. The number of halogens is 5. The van der Waals surface area contributed by atoms with Gasteiger partial charge >= 0.3 is 0 Å². The average molecular weight is 427 g/mol. The highest BCUT2D eigenvalue weighted by Gasteiger charge is 2.14. The van der Waals surface area contributed by atoms with Crippen LogP contribution in [-0.2, 0) is 5.33 Å². The van der Waals surface area contributed by atoms with E-state index in [9.17, 15) is 8.78 Å². The molecule has 1 heterocycles. The van der Waals surface area contributed by atoms with Crippen molar-refractivity contribution in [3.63, 3.8) is 0 Å². The molecule has 72 valence electrons. The summed E-state index contributed by atoms with van der Waals surface area (Å²) >= 11 is 8.46. The number of aromatic nitrogens is 1. The van der Waals surface area contributed by atoms with Crippen molar-refractivity contribution in [1.82, 2.24) is 4.98 Å². The fourth-order valence-corrected chi connectivity index (χ4v) is 2.63. The van der Waals surface area contributed by atoms with Crippen molar-refractivity contribution in [3.8, 4) is 0 Å². The molecule has 6 heteroatoms. The molecule has 1 nitrogen and oxygen atoms in total. The van der Waals surface area contributed by atoms with E-state index in [0.29, 0.717) is 15.5 Å². The van der Waals surface area contributed by atoms with Crippen molar-refractivity contribution in [2.75, 3.05) is 0 Å². The molecule has 0 atom stereocenters. The second-order valence-electron chi connectivity index (χ2n) is 2.22. The molecule has 0 amide bonds. The van der Waals surface area contributed by atoms with Crippen molar-refractivity contribution < 1.29 is 8.78 Å². The third kappa shape index (κ3) is 2.82. The molecule has 13 heavy (non-hydrogen) atoms. The van der Waals surface area contributed by atoms with Gasteiger partial charge in [-0.3, -0.25) is 0 Å². The fourth-order valence-electron chi connectivity index (χ4n) is 0.769. The van der Waals surface area contributed by atoms with Gasteiger partial charge in [-0.25, -0.2) is 13.8 Å². The first-order valence-corrected chi connectivity index (χ1v) is 6.24. The summed E-state index contributed by atoms with van der Waals surface area (Å²) in [5.41, 5.74) is 0.437. The monoisotopic (exact) mass is 425 g/mol. The van der Waals surface area contributed by atoms with Gasteiger partial charge in [0.25, 0.3) is 6.43 Å². The fraction of sp³-hybridized carbons (Fsp3) is 0.286. The van der Waals surface area contributed by atoms with Gasteiger partial charge in [0.2, 0.25) is 0 Å². The highest BCUT2D eigenvalue weighted by molar-refractivity contribution is 14.1. The molecule has 0 saturated carbocycles. The van der Waals surface area contributed by atoms with Gasteiger partial charge in [-0.15, -0.1) is 0 Å². The van der Waals surface area contributed by atoms with Crippen LogP contribution in [0.1, 0.15) is 17.8 Å². The normalized spacial score (nSPS) is 10.9. The van der Waals surface area contributed by atoms with E-state index in [1.165, 1.54) is 6.07 Å². The summed E-state index contributed by atoms with van der Waals surface area (Å²) in [6, 6.07) is 1.35. The lowest BCUT2D eigenvalue weighted by Crippen LogP contribution is -1.98. The molecule has 1 rings (SSSR count). The second kappa shape index (κ2) is 4.97. The van der Waals surface area contributed by atoms with Crippen molar-refractivity contribution >= 4 is 54.5 Å². The highest BCUT2D eigenvalue weighted by Crippen LogP contribution is 2.27. The van der Waals surface area contributed by atoms with Crippen LogP contribution < -0.4 is 0 Å². The Labute approximate surface area is 105 Å². The standard InChI is InChI=1S/C7H4Br2F2IN/c8-2-5-6(12)3(9)1-4(13-5)7(10)11/h1,7H,2H2. The largest absolute Gasteiger partial charge is 0.280 e. The Kier molecular flexibility index (Phi) is 4.50. The Morgan fingerprint density at radius 3 is 2.62 bits per heavy atom. The van der Waals surface area contributed by atoms with Gasteiger partial charge in [0.1, 0.15) is 5.69 Å². The third-order valence-electron chi connectivity index (χ3n) is 1.35. The molecular weight excluding hydrogens is 423 g/mol. The van der Waals surface area contributed by atoms with Gasteiger partial charge in [0.15, 0.2) is 0 Å². The Balaban J connectivity index is 3.22. The van der Waals surface area contributed by atoms with Crippen molar-refractivity contribution in [2.24, 2.45) is 0 Å². The lowest BCUT2D eigenvalue weighted by atomic mass is 10.3. The molecular formula is C7H4Br2F2IN. The van der Waals surface area contributed by atoms with Gasteiger partial charge in [-0.1, -0.05) is 15.9 Å². The van der Waals surface area contributed by atoms with Crippen LogP contribution in [0.2, 0.25) is 0 Å². The number of nitrogens with zero attached hydrogens (tertiary/aromatic N) is 1. The Bertz CT molecular complexity index is 320. The molecule has 0 aromatic carbocycles. The molecule has 0 spiro atoms. The van der Waals surface area contributed by atoms with E-state index in [4.69, 9.17) is 0 Å². The average Bonchev–Trinajstić information content (AvgIpc) is 2.09. The Morgan fingerprint density at radius 1 is 1.54 bits per heavy atom. The van der Waals surface area contributed by atoms with Crippen molar-refractivity contribution in [1.29, 1.82) is 0 Å². The summed E-state index contributed by atoms with van der Waals surface area (Å²) in [4.78, 5) is 3.82. The topological polar surface area (TPSA) is 12.9 Å². The van der Waals surface area contributed by atoms with E-state index in [0.717, 1.165) is 3.57 Å². The smallest absolute Gasteiger partial charge is 0.250 e.